The first-order valence-corrected chi connectivity index (χ1v) is 11.0. The van der Waals surface area contributed by atoms with Gasteiger partial charge in [0.1, 0.15) is 0 Å². The minimum Gasteiger partial charge on any atom is -0.481 e. The second-order valence-corrected chi connectivity index (χ2v) is 8.40. The summed E-state index contributed by atoms with van der Waals surface area (Å²) in [6.45, 7) is 2.26. The van der Waals surface area contributed by atoms with Crippen LogP contribution in [-0.2, 0) is 9.53 Å². The number of carboxylic acids is 1. The minimum atomic E-state index is -0.694. The summed E-state index contributed by atoms with van der Waals surface area (Å²) in [6, 6.07) is 0. The van der Waals surface area contributed by atoms with E-state index in [0.717, 1.165) is 25.2 Å². The molecule has 2 aliphatic rings. The summed E-state index contributed by atoms with van der Waals surface area (Å²) in [7, 11) is 0. The molecule has 24 heavy (non-hydrogen) atoms. The number of fused-ring (bicyclic) bond motifs is 2. The maximum atomic E-state index is 10.5. The highest BCUT2D eigenvalue weighted by molar-refractivity contribution is 7.99. The summed E-state index contributed by atoms with van der Waals surface area (Å²) >= 11 is 2.13. The van der Waals surface area contributed by atoms with Crippen LogP contribution in [0.5, 0.6) is 0 Å². The van der Waals surface area contributed by atoms with Crippen LogP contribution in [-0.4, -0.2) is 34.8 Å². The number of allylic oxidation sites excluding steroid dienone is 2. The van der Waals surface area contributed by atoms with Crippen molar-refractivity contribution in [2.45, 2.75) is 83.3 Å². The summed E-state index contributed by atoms with van der Waals surface area (Å²) in [4.78, 5) is 10.5. The van der Waals surface area contributed by atoms with Crippen LogP contribution in [0.25, 0.3) is 0 Å². The second-order valence-electron chi connectivity index (χ2n) is 7.25. The van der Waals surface area contributed by atoms with E-state index in [9.17, 15) is 4.79 Å². The van der Waals surface area contributed by atoms with Crippen molar-refractivity contribution < 1.29 is 14.6 Å². The summed E-state index contributed by atoms with van der Waals surface area (Å²) in [5.41, 5.74) is 0. The first-order valence-electron chi connectivity index (χ1n) is 9.82. The molecule has 0 aliphatic carbocycles. The van der Waals surface area contributed by atoms with Gasteiger partial charge in [0.2, 0.25) is 0 Å². The van der Waals surface area contributed by atoms with Crippen molar-refractivity contribution in [2.24, 2.45) is 11.8 Å². The molecule has 2 aliphatic heterocycles. The van der Waals surface area contributed by atoms with Crippen molar-refractivity contribution in [3.63, 3.8) is 0 Å². The predicted octanol–water partition coefficient (Wildman–Crippen LogP) is 5.29. The van der Waals surface area contributed by atoms with Crippen LogP contribution in [0.1, 0.15) is 71.1 Å². The van der Waals surface area contributed by atoms with Gasteiger partial charge in [0.05, 0.1) is 12.2 Å². The molecule has 0 amide bonds. The molecule has 138 valence electrons. The Morgan fingerprint density at radius 1 is 1.12 bits per heavy atom. The Bertz CT molecular complexity index is 396. The lowest BCUT2D eigenvalue weighted by Gasteiger charge is -2.27. The van der Waals surface area contributed by atoms with E-state index in [1.807, 2.05) is 0 Å². The molecule has 2 bridgehead atoms. The van der Waals surface area contributed by atoms with Gasteiger partial charge in [-0.15, -0.1) is 0 Å². The Balaban J connectivity index is 1.65. The highest BCUT2D eigenvalue weighted by Crippen LogP contribution is 2.46. The molecule has 0 radical (unpaired) electrons. The van der Waals surface area contributed by atoms with Crippen molar-refractivity contribution in [3.05, 3.63) is 12.2 Å². The average Bonchev–Trinajstić information content (AvgIpc) is 3.15. The van der Waals surface area contributed by atoms with Crippen molar-refractivity contribution in [2.75, 3.05) is 11.5 Å². The first kappa shape index (κ1) is 19.8. The highest BCUT2D eigenvalue weighted by atomic mass is 32.2. The number of carboxylic acid groups (broad SMARTS) is 1. The topological polar surface area (TPSA) is 46.5 Å². The molecule has 0 saturated carbocycles. The Morgan fingerprint density at radius 2 is 1.92 bits per heavy atom. The van der Waals surface area contributed by atoms with E-state index < -0.39 is 5.97 Å². The van der Waals surface area contributed by atoms with Crippen LogP contribution in [0, 0.1) is 11.8 Å². The number of thioether (sulfide) groups is 1. The third-order valence-corrected chi connectivity index (χ3v) is 6.58. The van der Waals surface area contributed by atoms with Crippen LogP contribution in [0.4, 0.5) is 0 Å². The van der Waals surface area contributed by atoms with Gasteiger partial charge in [0, 0.05) is 6.42 Å². The largest absolute Gasteiger partial charge is 0.481 e. The van der Waals surface area contributed by atoms with E-state index in [0.29, 0.717) is 18.1 Å². The minimum absolute atomic E-state index is 0.277. The van der Waals surface area contributed by atoms with Gasteiger partial charge < -0.3 is 9.84 Å². The van der Waals surface area contributed by atoms with Crippen LogP contribution in [0.2, 0.25) is 0 Å². The zero-order chi connectivity index (χ0) is 17.2. The fraction of sp³-hybridized carbons (Fsp3) is 0.850. The smallest absolute Gasteiger partial charge is 0.303 e. The molecule has 0 aromatic carbocycles. The SMILES string of the molecule is CCCCCCSCC1C2CCC(O2)C1C/C=C/CCCC(=O)O. The van der Waals surface area contributed by atoms with Gasteiger partial charge in [-0.2, -0.15) is 11.8 Å². The Labute approximate surface area is 151 Å². The third-order valence-electron chi connectivity index (χ3n) is 5.38. The molecule has 2 saturated heterocycles. The van der Waals surface area contributed by atoms with Crippen molar-refractivity contribution in [1.29, 1.82) is 0 Å². The lowest BCUT2D eigenvalue weighted by molar-refractivity contribution is -0.137. The van der Waals surface area contributed by atoms with Gasteiger partial charge in [-0.3, -0.25) is 4.79 Å². The standard InChI is InChI=1S/C20H34O3S/c1-2-3-4-9-14-24-15-17-16(18-12-13-19(17)23-18)10-7-5-6-8-11-20(21)22/h5,7,16-19H,2-4,6,8-15H2,1H3,(H,21,22)/b7-5+. The van der Waals surface area contributed by atoms with Crippen molar-refractivity contribution in [1.82, 2.24) is 0 Å². The van der Waals surface area contributed by atoms with Gasteiger partial charge >= 0.3 is 5.97 Å². The van der Waals surface area contributed by atoms with E-state index in [1.165, 1.54) is 50.0 Å². The molecular formula is C20H34O3S. The quantitative estimate of drug-likeness (QED) is 0.360. The summed E-state index contributed by atoms with van der Waals surface area (Å²) < 4.78 is 6.18. The second kappa shape index (κ2) is 11.2. The molecule has 2 fully saturated rings. The molecule has 2 rings (SSSR count). The summed E-state index contributed by atoms with van der Waals surface area (Å²) in [5, 5.41) is 8.66. The van der Waals surface area contributed by atoms with Gasteiger partial charge in [-0.25, -0.2) is 0 Å². The van der Waals surface area contributed by atoms with E-state index in [2.05, 4.69) is 30.8 Å². The number of rotatable bonds is 13. The lowest BCUT2D eigenvalue weighted by Crippen LogP contribution is -2.28. The van der Waals surface area contributed by atoms with Crippen molar-refractivity contribution in [3.8, 4) is 0 Å². The van der Waals surface area contributed by atoms with Gasteiger partial charge in [0.25, 0.3) is 0 Å². The monoisotopic (exact) mass is 354 g/mol. The van der Waals surface area contributed by atoms with Crippen LogP contribution >= 0.6 is 11.8 Å². The van der Waals surface area contributed by atoms with E-state index in [-0.39, 0.29) is 6.42 Å². The molecule has 2 heterocycles. The number of carbonyl (C=O) groups is 1. The highest BCUT2D eigenvalue weighted by Gasteiger charge is 2.47. The molecule has 3 nitrogen and oxygen atoms in total. The Hall–Kier alpha value is -0.480. The maximum Gasteiger partial charge on any atom is 0.303 e. The van der Waals surface area contributed by atoms with Gasteiger partial charge in [0.15, 0.2) is 0 Å². The molecule has 4 unspecified atom stereocenters. The number of hydrogen-bond donors (Lipinski definition) is 1. The number of unbranched alkanes of at least 4 members (excludes halogenated alkanes) is 4. The molecule has 0 spiro atoms. The normalized spacial score (nSPS) is 28.9. The molecule has 4 atom stereocenters. The predicted molar refractivity (Wildman–Crippen MR) is 102 cm³/mol. The fourth-order valence-electron chi connectivity index (χ4n) is 4.02. The zero-order valence-corrected chi connectivity index (χ0v) is 15.9. The summed E-state index contributed by atoms with van der Waals surface area (Å²) in [6.07, 6.45) is 16.3. The van der Waals surface area contributed by atoms with E-state index in [1.54, 1.807) is 0 Å². The van der Waals surface area contributed by atoms with E-state index in [4.69, 9.17) is 9.84 Å². The zero-order valence-electron chi connectivity index (χ0n) is 15.1. The number of aliphatic carboxylic acids is 1. The molecule has 1 N–H and O–H groups in total. The molecule has 0 aromatic heterocycles. The first-order chi connectivity index (χ1) is 11.7. The fourth-order valence-corrected chi connectivity index (χ4v) is 5.33. The Morgan fingerprint density at radius 3 is 2.67 bits per heavy atom. The van der Waals surface area contributed by atoms with E-state index >= 15 is 0 Å². The molecular weight excluding hydrogens is 320 g/mol. The van der Waals surface area contributed by atoms with Crippen LogP contribution in [0.15, 0.2) is 12.2 Å². The number of ether oxygens (including phenoxy) is 1. The van der Waals surface area contributed by atoms with Crippen LogP contribution in [0.3, 0.4) is 0 Å². The molecule has 4 heteroatoms. The third kappa shape index (κ3) is 6.44. The van der Waals surface area contributed by atoms with Gasteiger partial charge in [-0.05, 0) is 61.9 Å². The van der Waals surface area contributed by atoms with Crippen LogP contribution < -0.4 is 0 Å². The molecule has 0 aromatic rings. The van der Waals surface area contributed by atoms with Crippen molar-refractivity contribution >= 4 is 17.7 Å². The average molecular weight is 355 g/mol. The maximum absolute atomic E-state index is 10.5. The number of hydrogen-bond acceptors (Lipinski definition) is 3. The Kier molecular flexibility index (Phi) is 9.26. The van der Waals surface area contributed by atoms with Gasteiger partial charge in [-0.1, -0.05) is 38.3 Å². The summed E-state index contributed by atoms with van der Waals surface area (Å²) in [5.74, 6) is 3.27. The lowest BCUT2D eigenvalue weighted by atomic mass is 9.78.